The molecule has 0 atom stereocenters. The van der Waals surface area contributed by atoms with Crippen LogP contribution in [0.15, 0.2) is 29.2 Å². The zero-order valence-electron chi connectivity index (χ0n) is 10.9. The summed E-state index contributed by atoms with van der Waals surface area (Å²) >= 11 is 0. The number of ether oxygens (including phenoxy) is 1. The lowest BCUT2D eigenvalue weighted by molar-refractivity contribution is -0.274. The van der Waals surface area contributed by atoms with Crippen molar-refractivity contribution in [1.29, 1.82) is 0 Å². The number of nitrogens with zero attached hydrogens (tertiary/aromatic N) is 1. The predicted molar refractivity (Wildman–Crippen MR) is 72.0 cm³/mol. The average molecular weight is 347 g/mol. The molecule has 0 bridgehead atoms. The van der Waals surface area contributed by atoms with E-state index in [1.807, 2.05) is 0 Å². The summed E-state index contributed by atoms with van der Waals surface area (Å²) in [4.78, 5) is -0.228. The Balaban J connectivity index is 0.00000220. The van der Waals surface area contributed by atoms with Gasteiger partial charge in [-0.25, -0.2) is 8.42 Å². The molecule has 1 aliphatic rings. The smallest absolute Gasteiger partial charge is 0.406 e. The van der Waals surface area contributed by atoms with Crippen molar-refractivity contribution in [3.05, 3.63) is 24.3 Å². The third-order valence-electron chi connectivity index (χ3n) is 2.99. The van der Waals surface area contributed by atoms with Gasteiger partial charge in [-0.1, -0.05) is 6.07 Å². The van der Waals surface area contributed by atoms with Crippen molar-refractivity contribution in [2.24, 2.45) is 0 Å². The summed E-state index contributed by atoms with van der Waals surface area (Å²) in [5.74, 6) is -0.557. The molecule has 5 nitrogen and oxygen atoms in total. The van der Waals surface area contributed by atoms with Gasteiger partial charge in [0.2, 0.25) is 10.0 Å². The summed E-state index contributed by atoms with van der Waals surface area (Å²) in [5.41, 5.74) is 0. The first-order valence-corrected chi connectivity index (χ1v) is 7.19. The highest BCUT2D eigenvalue weighted by Gasteiger charge is 2.34. The maximum absolute atomic E-state index is 12.2. The number of halogens is 4. The van der Waals surface area contributed by atoms with Crippen LogP contribution in [-0.4, -0.2) is 45.3 Å². The number of sulfonamides is 1. The molecule has 2 rings (SSSR count). The largest absolute Gasteiger partial charge is 0.573 e. The molecule has 1 fully saturated rings. The fraction of sp³-hybridized carbons (Fsp3) is 0.455. The van der Waals surface area contributed by atoms with Crippen molar-refractivity contribution in [2.75, 3.05) is 20.1 Å². The van der Waals surface area contributed by atoms with E-state index in [4.69, 9.17) is 0 Å². The molecule has 1 aliphatic heterocycles. The molecule has 21 heavy (non-hydrogen) atoms. The monoisotopic (exact) mass is 346 g/mol. The highest BCUT2D eigenvalue weighted by Crippen LogP contribution is 2.26. The SMILES string of the molecule is CN(C1CNC1)S(=O)(=O)c1cccc(OC(F)(F)F)c1.Cl. The minimum absolute atomic E-state index is 0. The molecule has 0 aromatic heterocycles. The van der Waals surface area contributed by atoms with E-state index in [1.54, 1.807) is 0 Å². The molecule has 1 saturated heterocycles. The van der Waals surface area contributed by atoms with Crippen LogP contribution in [0.5, 0.6) is 5.75 Å². The van der Waals surface area contributed by atoms with Crippen molar-refractivity contribution in [1.82, 2.24) is 9.62 Å². The van der Waals surface area contributed by atoms with Crippen LogP contribution in [0.1, 0.15) is 0 Å². The van der Waals surface area contributed by atoms with E-state index in [-0.39, 0.29) is 23.3 Å². The number of rotatable bonds is 4. The summed E-state index contributed by atoms with van der Waals surface area (Å²) in [5, 5.41) is 2.93. The lowest BCUT2D eigenvalue weighted by Crippen LogP contribution is -2.57. The molecule has 0 saturated carbocycles. The molecule has 0 unspecified atom stereocenters. The van der Waals surface area contributed by atoms with Gasteiger partial charge in [0.05, 0.1) is 4.90 Å². The first kappa shape index (κ1) is 18.0. The van der Waals surface area contributed by atoms with Gasteiger partial charge in [-0.15, -0.1) is 25.6 Å². The summed E-state index contributed by atoms with van der Waals surface area (Å²) in [6.45, 7) is 1.04. The summed E-state index contributed by atoms with van der Waals surface area (Å²) in [6, 6.07) is 4.18. The maximum atomic E-state index is 12.2. The van der Waals surface area contributed by atoms with Crippen LogP contribution in [0.3, 0.4) is 0 Å². The minimum atomic E-state index is -4.85. The summed E-state index contributed by atoms with van der Waals surface area (Å²) < 4.78 is 65.8. The van der Waals surface area contributed by atoms with Gasteiger partial charge in [0, 0.05) is 32.2 Å². The second-order valence-corrected chi connectivity index (χ2v) is 6.35. The fourth-order valence-corrected chi connectivity index (χ4v) is 3.11. The third kappa shape index (κ3) is 4.22. The number of benzene rings is 1. The molecule has 1 aromatic carbocycles. The van der Waals surface area contributed by atoms with E-state index < -0.39 is 22.1 Å². The Bertz CT molecular complexity index is 591. The molecule has 0 radical (unpaired) electrons. The van der Waals surface area contributed by atoms with Crippen LogP contribution in [0.2, 0.25) is 0 Å². The summed E-state index contributed by atoms with van der Waals surface area (Å²) in [6.07, 6.45) is -4.85. The van der Waals surface area contributed by atoms with Crippen molar-refractivity contribution in [3.63, 3.8) is 0 Å². The molecule has 120 valence electrons. The van der Waals surface area contributed by atoms with E-state index >= 15 is 0 Å². The Labute approximate surface area is 126 Å². The standard InChI is InChI=1S/C11H13F3N2O3S.ClH/c1-16(8-6-15-7-8)20(17,18)10-4-2-3-9(5-10)19-11(12,13)14;/h2-5,8,15H,6-7H2,1H3;1H. The minimum Gasteiger partial charge on any atom is -0.406 e. The zero-order valence-corrected chi connectivity index (χ0v) is 12.6. The van der Waals surface area contributed by atoms with E-state index in [2.05, 4.69) is 10.1 Å². The molecule has 0 spiro atoms. The topological polar surface area (TPSA) is 58.6 Å². The van der Waals surface area contributed by atoms with Crippen LogP contribution in [0.25, 0.3) is 0 Å². The first-order chi connectivity index (χ1) is 9.20. The second-order valence-electron chi connectivity index (χ2n) is 4.36. The normalized spacial score (nSPS) is 16.2. The van der Waals surface area contributed by atoms with Crippen molar-refractivity contribution in [3.8, 4) is 5.75 Å². The van der Waals surface area contributed by atoms with Gasteiger partial charge in [0.1, 0.15) is 5.75 Å². The molecule has 1 heterocycles. The molecule has 0 aliphatic carbocycles. The van der Waals surface area contributed by atoms with Gasteiger partial charge in [-0.3, -0.25) is 0 Å². The predicted octanol–water partition coefficient (Wildman–Crippen LogP) is 1.60. The fourth-order valence-electron chi connectivity index (χ4n) is 1.72. The zero-order chi connectivity index (χ0) is 15.0. The average Bonchev–Trinajstić information content (AvgIpc) is 2.24. The van der Waals surface area contributed by atoms with Crippen LogP contribution >= 0.6 is 12.4 Å². The van der Waals surface area contributed by atoms with Crippen molar-refractivity contribution < 1.29 is 26.3 Å². The van der Waals surface area contributed by atoms with Crippen LogP contribution in [-0.2, 0) is 10.0 Å². The third-order valence-corrected chi connectivity index (χ3v) is 4.90. The molecule has 10 heteroatoms. The number of hydrogen-bond acceptors (Lipinski definition) is 4. The molecular formula is C11H14ClF3N2O3S. The Morgan fingerprint density at radius 2 is 1.95 bits per heavy atom. The Morgan fingerprint density at radius 1 is 1.33 bits per heavy atom. The number of nitrogens with one attached hydrogen (secondary N) is 1. The molecule has 1 aromatic rings. The van der Waals surface area contributed by atoms with Gasteiger partial charge in [-0.05, 0) is 12.1 Å². The van der Waals surface area contributed by atoms with E-state index in [0.717, 1.165) is 16.4 Å². The second kappa shape index (κ2) is 6.39. The highest BCUT2D eigenvalue weighted by molar-refractivity contribution is 7.89. The van der Waals surface area contributed by atoms with E-state index in [9.17, 15) is 21.6 Å². The van der Waals surface area contributed by atoms with E-state index in [0.29, 0.717) is 13.1 Å². The quantitative estimate of drug-likeness (QED) is 0.899. The number of likely N-dealkylation sites (N-methyl/N-ethyl adjacent to an activating group) is 1. The Hall–Kier alpha value is -1.03. The first-order valence-electron chi connectivity index (χ1n) is 5.75. The van der Waals surface area contributed by atoms with Gasteiger partial charge >= 0.3 is 6.36 Å². The lowest BCUT2D eigenvalue weighted by atomic mass is 10.2. The van der Waals surface area contributed by atoms with Crippen molar-refractivity contribution in [2.45, 2.75) is 17.3 Å². The van der Waals surface area contributed by atoms with Crippen LogP contribution < -0.4 is 10.1 Å². The number of alkyl halides is 3. The lowest BCUT2D eigenvalue weighted by Gasteiger charge is -2.34. The molecule has 0 amide bonds. The van der Waals surface area contributed by atoms with Gasteiger partial charge in [0.15, 0.2) is 0 Å². The summed E-state index contributed by atoms with van der Waals surface area (Å²) in [7, 11) is -2.43. The van der Waals surface area contributed by atoms with E-state index in [1.165, 1.54) is 19.2 Å². The Morgan fingerprint density at radius 3 is 2.43 bits per heavy atom. The van der Waals surface area contributed by atoms with Crippen molar-refractivity contribution >= 4 is 22.4 Å². The maximum Gasteiger partial charge on any atom is 0.573 e. The Kier molecular flexibility index (Phi) is 5.48. The van der Waals surface area contributed by atoms with Gasteiger partial charge < -0.3 is 10.1 Å². The van der Waals surface area contributed by atoms with Crippen LogP contribution in [0, 0.1) is 0 Å². The highest BCUT2D eigenvalue weighted by atomic mass is 35.5. The van der Waals surface area contributed by atoms with Crippen LogP contribution in [0.4, 0.5) is 13.2 Å². The molecular weight excluding hydrogens is 333 g/mol. The van der Waals surface area contributed by atoms with Gasteiger partial charge in [0.25, 0.3) is 0 Å². The van der Waals surface area contributed by atoms with Gasteiger partial charge in [-0.2, -0.15) is 4.31 Å². The molecule has 1 N–H and O–H groups in total. The number of hydrogen-bond donors (Lipinski definition) is 1.